The van der Waals surface area contributed by atoms with Crippen LogP contribution < -0.4 is 5.32 Å². The van der Waals surface area contributed by atoms with Crippen molar-refractivity contribution >= 4 is 22.4 Å². The zero-order valence-electron chi connectivity index (χ0n) is 13.7. The molecule has 0 bridgehead atoms. The van der Waals surface area contributed by atoms with E-state index < -0.39 is 17.6 Å². The van der Waals surface area contributed by atoms with E-state index in [-0.39, 0.29) is 23.5 Å². The lowest BCUT2D eigenvalue weighted by Crippen LogP contribution is -2.16. The standard InChI is InChI=1S/C20H15F3N2O/c21-20(22,23)15-11-17(24-16-6-3-7-18(26)25-19(15)16)14-9-8-12-4-1-2-5-13(12)10-14/h1-2,4-5,8-11H,3,6-7H2,(H,25,26). The Balaban J connectivity index is 1.91. The Morgan fingerprint density at radius 2 is 1.73 bits per heavy atom. The number of hydrogen-bond acceptors (Lipinski definition) is 2. The molecule has 1 N–H and O–H groups in total. The molecular formula is C20H15F3N2O. The van der Waals surface area contributed by atoms with Gasteiger partial charge in [-0.1, -0.05) is 36.4 Å². The van der Waals surface area contributed by atoms with E-state index in [2.05, 4.69) is 10.3 Å². The summed E-state index contributed by atoms with van der Waals surface area (Å²) in [5.41, 5.74) is 0.116. The summed E-state index contributed by atoms with van der Waals surface area (Å²) in [6, 6.07) is 14.1. The summed E-state index contributed by atoms with van der Waals surface area (Å²) in [4.78, 5) is 16.2. The van der Waals surface area contributed by atoms with Crippen LogP contribution in [0.25, 0.3) is 22.0 Å². The van der Waals surface area contributed by atoms with Gasteiger partial charge in [-0.15, -0.1) is 0 Å². The number of fused-ring (bicyclic) bond motifs is 2. The number of halogens is 3. The molecule has 26 heavy (non-hydrogen) atoms. The minimum absolute atomic E-state index is 0.193. The number of nitrogens with one attached hydrogen (secondary N) is 1. The fraction of sp³-hybridized carbons (Fsp3) is 0.200. The molecule has 4 rings (SSSR count). The SMILES string of the molecule is O=C1CCCc2nc(-c3ccc4ccccc4c3)cc(C(F)(F)F)c2N1. The summed E-state index contributed by atoms with van der Waals surface area (Å²) >= 11 is 0. The highest BCUT2D eigenvalue weighted by Gasteiger charge is 2.37. The van der Waals surface area contributed by atoms with E-state index in [4.69, 9.17) is 0 Å². The van der Waals surface area contributed by atoms with Crippen LogP contribution in [0, 0.1) is 0 Å². The molecule has 0 atom stereocenters. The van der Waals surface area contributed by atoms with Gasteiger partial charge in [-0.05, 0) is 35.7 Å². The summed E-state index contributed by atoms with van der Waals surface area (Å²) < 4.78 is 40.8. The number of alkyl halides is 3. The normalized spacial score (nSPS) is 14.7. The van der Waals surface area contributed by atoms with Gasteiger partial charge in [0.1, 0.15) is 0 Å². The number of aryl methyl sites for hydroxylation is 1. The van der Waals surface area contributed by atoms with Crippen LogP contribution in [-0.2, 0) is 17.4 Å². The molecule has 2 heterocycles. The van der Waals surface area contributed by atoms with Gasteiger partial charge in [0, 0.05) is 12.0 Å². The fourth-order valence-electron chi connectivity index (χ4n) is 3.26. The maximum Gasteiger partial charge on any atom is 0.418 e. The van der Waals surface area contributed by atoms with Crippen LogP contribution >= 0.6 is 0 Å². The minimum atomic E-state index is -4.57. The highest BCUT2D eigenvalue weighted by molar-refractivity contribution is 5.93. The van der Waals surface area contributed by atoms with Crippen LogP contribution in [0.3, 0.4) is 0 Å². The van der Waals surface area contributed by atoms with Crippen molar-refractivity contribution in [3.05, 3.63) is 59.8 Å². The zero-order valence-corrected chi connectivity index (χ0v) is 13.7. The molecule has 0 spiro atoms. The highest BCUT2D eigenvalue weighted by atomic mass is 19.4. The van der Waals surface area contributed by atoms with Gasteiger partial charge in [-0.3, -0.25) is 9.78 Å². The third kappa shape index (κ3) is 3.03. The van der Waals surface area contributed by atoms with Crippen molar-refractivity contribution in [1.29, 1.82) is 0 Å². The van der Waals surface area contributed by atoms with E-state index >= 15 is 0 Å². The van der Waals surface area contributed by atoms with Gasteiger partial charge in [0.05, 0.1) is 22.6 Å². The Labute approximate surface area is 147 Å². The molecule has 132 valence electrons. The van der Waals surface area contributed by atoms with E-state index in [0.717, 1.165) is 16.8 Å². The number of aromatic nitrogens is 1. The Morgan fingerprint density at radius 3 is 2.50 bits per heavy atom. The Kier molecular flexibility index (Phi) is 3.90. The monoisotopic (exact) mass is 356 g/mol. The summed E-state index contributed by atoms with van der Waals surface area (Å²) in [6.07, 6.45) is -3.57. The molecular weight excluding hydrogens is 341 g/mol. The summed E-state index contributed by atoms with van der Waals surface area (Å²) in [6.45, 7) is 0. The van der Waals surface area contributed by atoms with Crippen LogP contribution in [0.15, 0.2) is 48.5 Å². The maximum absolute atomic E-state index is 13.6. The second-order valence-electron chi connectivity index (χ2n) is 6.34. The first kappa shape index (κ1) is 16.6. The molecule has 1 aliphatic rings. The van der Waals surface area contributed by atoms with Crippen molar-refractivity contribution in [3.8, 4) is 11.3 Å². The van der Waals surface area contributed by atoms with Gasteiger partial charge in [-0.25, -0.2) is 0 Å². The number of amides is 1. The van der Waals surface area contributed by atoms with Gasteiger partial charge >= 0.3 is 6.18 Å². The van der Waals surface area contributed by atoms with Gasteiger partial charge < -0.3 is 5.32 Å². The van der Waals surface area contributed by atoms with Crippen LogP contribution in [0.4, 0.5) is 18.9 Å². The third-order valence-corrected chi connectivity index (χ3v) is 4.53. The highest BCUT2D eigenvalue weighted by Crippen LogP contribution is 2.40. The number of hydrogen-bond donors (Lipinski definition) is 1. The van der Waals surface area contributed by atoms with E-state index in [0.29, 0.717) is 18.4 Å². The molecule has 2 aromatic carbocycles. The van der Waals surface area contributed by atoms with E-state index in [1.165, 1.54) is 0 Å². The van der Waals surface area contributed by atoms with Gasteiger partial charge in [0.25, 0.3) is 0 Å². The summed E-state index contributed by atoms with van der Waals surface area (Å²) in [5, 5.41) is 4.33. The molecule has 0 saturated heterocycles. The largest absolute Gasteiger partial charge is 0.418 e. The number of pyridine rings is 1. The summed E-state index contributed by atoms with van der Waals surface area (Å²) in [5.74, 6) is -0.408. The predicted octanol–water partition coefficient (Wildman–Crippen LogP) is 5.20. The van der Waals surface area contributed by atoms with Crippen LogP contribution in [-0.4, -0.2) is 10.9 Å². The number of carbonyl (C=O) groups is 1. The first-order chi connectivity index (χ1) is 12.4. The van der Waals surface area contributed by atoms with Gasteiger partial charge in [0.2, 0.25) is 5.91 Å². The Morgan fingerprint density at radius 1 is 0.962 bits per heavy atom. The number of nitrogens with zero attached hydrogens (tertiary/aromatic N) is 1. The van der Waals surface area contributed by atoms with Crippen molar-refractivity contribution in [1.82, 2.24) is 4.98 Å². The van der Waals surface area contributed by atoms with E-state index in [1.807, 2.05) is 36.4 Å². The molecule has 3 nitrogen and oxygen atoms in total. The minimum Gasteiger partial charge on any atom is -0.324 e. The second-order valence-corrected chi connectivity index (χ2v) is 6.34. The molecule has 0 radical (unpaired) electrons. The number of rotatable bonds is 1. The fourth-order valence-corrected chi connectivity index (χ4v) is 3.26. The van der Waals surface area contributed by atoms with Crippen molar-refractivity contribution in [3.63, 3.8) is 0 Å². The molecule has 6 heteroatoms. The average molecular weight is 356 g/mol. The predicted molar refractivity (Wildman–Crippen MR) is 93.7 cm³/mol. The van der Waals surface area contributed by atoms with Crippen molar-refractivity contribution in [2.75, 3.05) is 5.32 Å². The Bertz CT molecular complexity index is 1010. The molecule has 0 saturated carbocycles. The molecule has 0 aliphatic carbocycles. The molecule has 0 fully saturated rings. The zero-order chi connectivity index (χ0) is 18.3. The number of benzene rings is 2. The topological polar surface area (TPSA) is 42.0 Å². The lowest BCUT2D eigenvalue weighted by atomic mass is 10.0. The van der Waals surface area contributed by atoms with Crippen molar-refractivity contribution < 1.29 is 18.0 Å². The Hall–Kier alpha value is -2.89. The smallest absolute Gasteiger partial charge is 0.324 e. The lowest BCUT2D eigenvalue weighted by Gasteiger charge is -2.17. The van der Waals surface area contributed by atoms with Crippen LogP contribution in [0.1, 0.15) is 24.1 Å². The first-order valence-corrected chi connectivity index (χ1v) is 8.32. The number of carbonyl (C=O) groups excluding carboxylic acids is 1. The van der Waals surface area contributed by atoms with Gasteiger partial charge in [-0.2, -0.15) is 13.2 Å². The molecule has 1 aliphatic heterocycles. The first-order valence-electron chi connectivity index (χ1n) is 8.32. The second kappa shape index (κ2) is 6.12. The van der Waals surface area contributed by atoms with E-state index in [1.54, 1.807) is 6.07 Å². The third-order valence-electron chi connectivity index (χ3n) is 4.53. The number of anilines is 1. The maximum atomic E-state index is 13.6. The quantitative estimate of drug-likeness (QED) is 0.651. The molecule has 3 aromatic rings. The van der Waals surface area contributed by atoms with Crippen molar-refractivity contribution in [2.24, 2.45) is 0 Å². The van der Waals surface area contributed by atoms with Crippen LogP contribution in [0.2, 0.25) is 0 Å². The summed E-state index contributed by atoms with van der Waals surface area (Å²) in [7, 11) is 0. The molecule has 1 aromatic heterocycles. The average Bonchev–Trinajstić information content (AvgIpc) is 2.80. The lowest BCUT2D eigenvalue weighted by molar-refractivity contribution is -0.137. The molecule has 0 unspecified atom stereocenters. The van der Waals surface area contributed by atoms with Gasteiger partial charge in [0.15, 0.2) is 0 Å². The van der Waals surface area contributed by atoms with Crippen LogP contribution in [0.5, 0.6) is 0 Å². The van der Waals surface area contributed by atoms with E-state index in [9.17, 15) is 18.0 Å². The molecule has 1 amide bonds. The van der Waals surface area contributed by atoms with Crippen molar-refractivity contribution in [2.45, 2.75) is 25.4 Å².